The van der Waals surface area contributed by atoms with Crippen LogP contribution in [-0.2, 0) is 0 Å². The molecule has 0 spiro atoms. The van der Waals surface area contributed by atoms with Gasteiger partial charge in [0.25, 0.3) is 5.69 Å². The van der Waals surface area contributed by atoms with Gasteiger partial charge in [0.1, 0.15) is 0 Å². The summed E-state index contributed by atoms with van der Waals surface area (Å²) >= 11 is 2.10. The first kappa shape index (κ1) is 6.09. The topological polar surface area (TPSA) is 43.1 Å². The third-order valence-electron chi connectivity index (χ3n) is 1.04. The van der Waals surface area contributed by atoms with Crippen molar-refractivity contribution in [2.75, 3.05) is 0 Å². The smallest absolute Gasteiger partial charge is 0.258 e. The molecule has 0 aliphatic heterocycles. The molecule has 3 nitrogen and oxygen atoms in total. The minimum Gasteiger partial charge on any atom is -0.258 e. The van der Waals surface area contributed by atoms with Crippen molar-refractivity contribution in [3.05, 3.63) is 37.9 Å². The second kappa shape index (κ2) is 2.96. The summed E-state index contributed by atoms with van der Waals surface area (Å²) in [5, 5.41) is 10.1. The Labute approximate surface area is 74.4 Å². The van der Waals surface area contributed by atoms with Crippen molar-refractivity contribution in [3.63, 3.8) is 0 Å². The van der Waals surface area contributed by atoms with Crippen LogP contribution in [0, 0.1) is 13.7 Å². The van der Waals surface area contributed by atoms with E-state index in [1.165, 1.54) is 12.1 Å². The Morgan fingerprint density at radius 3 is 2.40 bits per heavy atom. The van der Waals surface area contributed by atoms with E-state index >= 15 is 0 Å². The van der Waals surface area contributed by atoms with Crippen molar-refractivity contribution in [3.8, 4) is 0 Å². The van der Waals surface area contributed by atoms with Gasteiger partial charge in [0.15, 0.2) is 0 Å². The first-order chi connectivity index (χ1) is 5.70. The highest BCUT2D eigenvalue weighted by atomic mass is 127. The number of nitro benzene ring substituents is 1. The fourth-order valence-corrected chi connectivity index (χ4v) is 0.922. The van der Waals surface area contributed by atoms with Crippen LogP contribution < -0.4 is 0 Å². The van der Waals surface area contributed by atoms with Gasteiger partial charge < -0.3 is 0 Å². The lowest BCUT2D eigenvalue weighted by Crippen LogP contribution is -1.86. The van der Waals surface area contributed by atoms with Crippen LogP contribution in [0.25, 0.3) is 0 Å². The zero-order valence-corrected chi connectivity index (χ0v) is 7.11. The zero-order valence-electron chi connectivity index (χ0n) is 6.95. The summed E-state index contributed by atoms with van der Waals surface area (Å²) in [4.78, 5) is 9.71. The second-order valence-corrected chi connectivity index (χ2v) is 2.98. The number of hydrogen-bond acceptors (Lipinski definition) is 2. The first-order valence-corrected chi connectivity index (χ1v) is 3.68. The van der Waals surface area contributed by atoms with Gasteiger partial charge in [-0.25, -0.2) is 0 Å². The van der Waals surface area contributed by atoms with Crippen molar-refractivity contribution in [2.24, 2.45) is 0 Å². The molecule has 0 N–H and O–H groups in total. The molecule has 0 unspecified atom stereocenters. The van der Waals surface area contributed by atoms with Crippen molar-refractivity contribution >= 4 is 28.3 Å². The van der Waals surface area contributed by atoms with Crippen molar-refractivity contribution in [1.29, 1.82) is 0 Å². The molecule has 1 aromatic carbocycles. The Kier molecular flexibility index (Phi) is 1.80. The number of nitrogens with zero attached hydrogens (tertiary/aromatic N) is 1. The SMILES string of the molecule is O=[N+]([O-])c1ccc(I)cc1.[2H][2H]. The van der Waals surface area contributed by atoms with E-state index in [0.29, 0.717) is 0 Å². The van der Waals surface area contributed by atoms with Gasteiger partial charge in [0.2, 0.25) is 0 Å². The van der Waals surface area contributed by atoms with E-state index in [1.807, 2.05) is 0 Å². The van der Waals surface area contributed by atoms with Gasteiger partial charge in [0, 0.05) is 18.7 Å². The molecule has 0 saturated carbocycles. The molecule has 0 aliphatic carbocycles. The van der Waals surface area contributed by atoms with Gasteiger partial charge in [0.05, 0.1) is 4.92 Å². The molecule has 0 amide bonds. The van der Waals surface area contributed by atoms with Crippen LogP contribution in [0.3, 0.4) is 0 Å². The highest BCUT2D eigenvalue weighted by Crippen LogP contribution is 2.12. The number of rotatable bonds is 1. The first-order valence-electron chi connectivity index (χ1n) is 3.60. The van der Waals surface area contributed by atoms with Crippen LogP contribution in [0.2, 0.25) is 0 Å². The molecule has 10 heavy (non-hydrogen) atoms. The van der Waals surface area contributed by atoms with E-state index in [-0.39, 0.29) is 5.69 Å². The normalized spacial score (nSPS) is 10.1. The van der Waals surface area contributed by atoms with Crippen molar-refractivity contribution < 1.29 is 7.89 Å². The maximum Gasteiger partial charge on any atom is 0.269 e. The molecule has 0 saturated heterocycles. The molecule has 0 bridgehead atoms. The Morgan fingerprint density at radius 2 is 2.00 bits per heavy atom. The Morgan fingerprint density at radius 1 is 1.50 bits per heavy atom. The fraction of sp³-hybridized carbons (Fsp3) is 0. The average Bonchev–Trinajstić information content (AvgIpc) is 2.09. The largest absolute Gasteiger partial charge is 0.269 e. The van der Waals surface area contributed by atoms with E-state index in [0.717, 1.165) is 3.57 Å². The lowest BCUT2D eigenvalue weighted by atomic mass is 10.3. The Bertz CT molecular complexity index is 252. The fourth-order valence-electron chi connectivity index (χ4n) is 0.563. The van der Waals surface area contributed by atoms with Gasteiger partial charge in [-0.2, -0.15) is 0 Å². The molecule has 1 aromatic rings. The number of hydrogen-bond donors (Lipinski definition) is 0. The molecule has 0 radical (unpaired) electrons. The molecule has 1 rings (SSSR count). The molecular formula is C6H6INO2. The molecule has 0 aromatic heterocycles. The van der Waals surface area contributed by atoms with Gasteiger partial charge in [-0.05, 0) is 34.7 Å². The second-order valence-electron chi connectivity index (χ2n) is 1.73. The van der Waals surface area contributed by atoms with Gasteiger partial charge >= 0.3 is 0 Å². The van der Waals surface area contributed by atoms with E-state index < -0.39 is 4.92 Å². The standard InChI is InChI=1S/C6H4INO2.H2/c7-5-1-3-6(4-2-5)8(9)10;/h1-4H;1H/i;1+1D. The third-order valence-corrected chi connectivity index (χ3v) is 1.76. The summed E-state index contributed by atoms with van der Waals surface area (Å²) in [7, 11) is 0. The minimum atomic E-state index is -0.407. The molecule has 4 heteroatoms. The average molecular weight is 253 g/mol. The summed E-state index contributed by atoms with van der Waals surface area (Å²) < 4.78 is 11.0. The van der Waals surface area contributed by atoms with Crippen LogP contribution in [0.5, 0.6) is 0 Å². The monoisotopic (exact) mass is 253 g/mol. The van der Waals surface area contributed by atoms with Crippen molar-refractivity contribution in [1.82, 2.24) is 0 Å². The molecule has 0 fully saturated rings. The molecule has 0 aliphatic rings. The van der Waals surface area contributed by atoms with Gasteiger partial charge in [-0.1, -0.05) is 0 Å². The van der Waals surface area contributed by atoms with Crippen LogP contribution in [0.4, 0.5) is 5.69 Å². The van der Waals surface area contributed by atoms with Crippen LogP contribution in [0.15, 0.2) is 24.3 Å². The summed E-state index contributed by atoms with van der Waals surface area (Å²) in [5.41, 5.74) is 0.139. The van der Waals surface area contributed by atoms with Crippen LogP contribution in [0.1, 0.15) is 2.97 Å². The summed E-state index contributed by atoms with van der Waals surface area (Å²) in [6.45, 7) is 0. The zero-order chi connectivity index (χ0) is 9.56. The number of benzene rings is 1. The lowest BCUT2D eigenvalue weighted by Gasteiger charge is -1.88. The Balaban J connectivity index is 0.000000561. The van der Waals surface area contributed by atoms with Crippen LogP contribution >= 0.6 is 22.6 Å². The number of non-ortho nitro benzene ring substituents is 1. The van der Waals surface area contributed by atoms with E-state index in [9.17, 15) is 10.1 Å². The summed E-state index contributed by atoms with van der Waals surface area (Å²) in [6.07, 6.45) is 0. The van der Waals surface area contributed by atoms with Gasteiger partial charge in [-0.15, -0.1) is 0 Å². The van der Waals surface area contributed by atoms with Gasteiger partial charge in [-0.3, -0.25) is 10.1 Å². The summed E-state index contributed by atoms with van der Waals surface area (Å²) in [5.74, 6) is 0. The van der Waals surface area contributed by atoms with E-state index in [1.54, 1.807) is 12.1 Å². The van der Waals surface area contributed by atoms with Crippen molar-refractivity contribution in [2.45, 2.75) is 0 Å². The minimum absolute atomic E-state index is 0.139. The highest BCUT2D eigenvalue weighted by Gasteiger charge is 2.01. The maximum atomic E-state index is 10.1. The maximum absolute atomic E-state index is 10.1. The molecular weight excluding hydrogens is 245 g/mol. The number of nitro groups is 1. The van der Waals surface area contributed by atoms with E-state index in [4.69, 9.17) is 2.97 Å². The quantitative estimate of drug-likeness (QED) is 0.438. The van der Waals surface area contributed by atoms with Crippen LogP contribution in [-0.4, -0.2) is 4.92 Å². The third kappa shape index (κ3) is 1.66. The molecule has 54 valence electrons. The van der Waals surface area contributed by atoms with E-state index in [2.05, 4.69) is 22.6 Å². The molecule has 0 heterocycles. The predicted octanol–water partition coefficient (Wildman–Crippen LogP) is 2.45. The Hall–Kier alpha value is -0.650. The highest BCUT2D eigenvalue weighted by molar-refractivity contribution is 14.1. The molecule has 0 atom stereocenters. The lowest BCUT2D eigenvalue weighted by molar-refractivity contribution is -0.384. The number of halogens is 1. The summed E-state index contributed by atoms with van der Waals surface area (Å²) in [6, 6.07) is 6.39. The predicted molar refractivity (Wildman–Crippen MR) is 47.9 cm³/mol.